The van der Waals surface area contributed by atoms with Gasteiger partial charge in [0.15, 0.2) is 0 Å². The third-order valence-corrected chi connectivity index (χ3v) is 7.40. The van der Waals surface area contributed by atoms with E-state index in [1.54, 1.807) is 0 Å². The number of aryl methyl sites for hydroxylation is 1. The maximum atomic E-state index is 13.8. The lowest BCUT2D eigenvalue weighted by Crippen LogP contribution is -2.53. The number of nitrogens with zero attached hydrogens (tertiary/aromatic N) is 2. The molecule has 2 amide bonds. The van der Waals surface area contributed by atoms with Crippen molar-refractivity contribution in [3.05, 3.63) is 71.8 Å². The summed E-state index contributed by atoms with van der Waals surface area (Å²) in [5, 5.41) is 3.10. The summed E-state index contributed by atoms with van der Waals surface area (Å²) >= 11 is 0. The summed E-state index contributed by atoms with van der Waals surface area (Å²) in [4.78, 5) is 31.5. The van der Waals surface area contributed by atoms with Gasteiger partial charge in [0.25, 0.3) is 0 Å². The van der Waals surface area contributed by atoms with Crippen LogP contribution < -0.4 is 11.1 Å². The third-order valence-electron chi connectivity index (χ3n) is 7.40. The van der Waals surface area contributed by atoms with E-state index in [2.05, 4.69) is 48.3 Å². The van der Waals surface area contributed by atoms with Gasteiger partial charge in [-0.05, 0) is 49.1 Å². The molecule has 2 aromatic rings. The highest BCUT2D eigenvalue weighted by Gasteiger charge is 2.45. The molecule has 0 spiro atoms. The predicted molar refractivity (Wildman–Crippen MR) is 147 cm³/mol. The first-order chi connectivity index (χ1) is 16.9. The van der Waals surface area contributed by atoms with Gasteiger partial charge in [0.1, 0.15) is 6.04 Å². The number of hydrogen-bond acceptors (Lipinski definition) is 4. The van der Waals surface area contributed by atoms with Crippen molar-refractivity contribution < 1.29 is 9.59 Å². The van der Waals surface area contributed by atoms with Crippen molar-refractivity contribution in [2.45, 2.75) is 76.7 Å². The van der Waals surface area contributed by atoms with E-state index >= 15 is 0 Å². The fraction of sp³-hybridized carbons (Fsp3) is 0.517. The molecule has 196 valence electrons. The molecule has 2 aromatic carbocycles. The molecule has 0 aliphatic carbocycles. The van der Waals surface area contributed by atoms with Crippen molar-refractivity contribution in [2.24, 2.45) is 11.7 Å². The van der Waals surface area contributed by atoms with E-state index in [1.807, 2.05) is 41.3 Å². The lowest BCUT2D eigenvalue weighted by Gasteiger charge is -2.33. The Balaban J connectivity index is 0.00000361. The van der Waals surface area contributed by atoms with Gasteiger partial charge < -0.3 is 16.0 Å². The van der Waals surface area contributed by atoms with Crippen LogP contribution in [0.3, 0.4) is 0 Å². The SMILES string of the molecule is CC(C)C[C@H](C(=O)NCc1ccccc1)N1CCC(CCc2ccccc2)N2C[C@H](N)C[C@H]2C1=O.Cl. The number of nitrogens with two attached hydrogens (primary N) is 1. The molecule has 4 rings (SSSR count). The fourth-order valence-corrected chi connectivity index (χ4v) is 5.62. The van der Waals surface area contributed by atoms with Crippen molar-refractivity contribution in [1.82, 2.24) is 15.1 Å². The number of benzene rings is 2. The zero-order chi connectivity index (χ0) is 24.8. The predicted octanol–water partition coefficient (Wildman–Crippen LogP) is 3.77. The minimum atomic E-state index is -0.460. The number of nitrogens with one attached hydrogen (secondary N) is 1. The Kier molecular flexibility index (Phi) is 10.3. The average molecular weight is 513 g/mol. The maximum Gasteiger partial charge on any atom is 0.243 e. The molecule has 2 aliphatic heterocycles. The summed E-state index contributed by atoms with van der Waals surface area (Å²) in [6.45, 7) is 6.05. The fourth-order valence-electron chi connectivity index (χ4n) is 5.62. The van der Waals surface area contributed by atoms with Crippen molar-refractivity contribution in [2.75, 3.05) is 13.1 Å². The van der Waals surface area contributed by atoms with Crippen LogP contribution in [0, 0.1) is 5.92 Å². The van der Waals surface area contributed by atoms with Crippen LogP contribution in [-0.4, -0.2) is 58.9 Å². The van der Waals surface area contributed by atoms with Crippen molar-refractivity contribution in [1.29, 1.82) is 0 Å². The van der Waals surface area contributed by atoms with Gasteiger partial charge in [0, 0.05) is 31.7 Å². The van der Waals surface area contributed by atoms with Crippen LogP contribution >= 0.6 is 12.4 Å². The Labute approximate surface area is 222 Å². The highest BCUT2D eigenvalue weighted by molar-refractivity contribution is 5.90. The zero-order valence-electron chi connectivity index (χ0n) is 21.5. The van der Waals surface area contributed by atoms with Crippen LogP contribution in [0.1, 0.15) is 50.7 Å². The number of amides is 2. The van der Waals surface area contributed by atoms with Gasteiger partial charge in [-0.25, -0.2) is 0 Å². The van der Waals surface area contributed by atoms with Crippen molar-refractivity contribution in [3.8, 4) is 0 Å². The second-order valence-electron chi connectivity index (χ2n) is 10.6. The number of rotatable bonds is 9. The maximum absolute atomic E-state index is 13.8. The molecule has 2 fully saturated rings. The molecule has 0 radical (unpaired) electrons. The normalized spacial score (nSPS) is 23.1. The molecule has 2 heterocycles. The smallest absolute Gasteiger partial charge is 0.243 e. The van der Waals surface area contributed by atoms with Gasteiger partial charge in [-0.2, -0.15) is 0 Å². The summed E-state index contributed by atoms with van der Waals surface area (Å²) in [5.74, 6) is 0.308. The number of halogens is 1. The molecular formula is C29H41ClN4O2. The largest absolute Gasteiger partial charge is 0.350 e. The monoisotopic (exact) mass is 512 g/mol. The van der Waals surface area contributed by atoms with Gasteiger partial charge in [-0.3, -0.25) is 14.5 Å². The molecular weight excluding hydrogens is 472 g/mol. The summed E-state index contributed by atoms with van der Waals surface area (Å²) in [7, 11) is 0. The second kappa shape index (κ2) is 13.2. The molecule has 0 bridgehead atoms. The van der Waals surface area contributed by atoms with E-state index in [0.717, 1.165) is 31.4 Å². The molecule has 1 unspecified atom stereocenters. The van der Waals surface area contributed by atoms with Gasteiger partial charge in [-0.1, -0.05) is 74.5 Å². The first kappa shape index (κ1) is 28.2. The van der Waals surface area contributed by atoms with E-state index in [4.69, 9.17) is 5.73 Å². The minimum Gasteiger partial charge on any atom is -0.350 e. The molecule has 0 aromatic heterocycles. The van der Waals surface area contributed by atoms with Crippen LogP contribution in [0.5, 0.6) is 0 Å². The van der Waals surface area contributed by atoms with Crippen LogP contribution in [0.15, 0.2) is 60.7 Å². The summed E-state index contributed by atoms with van der Waals surface area (Å²) < 4.78 is 0. The Morgan fingerprint density at radius 1 is 1.06 bits per heavy atom. The molecule has 36 heavy (non-hydrogen) atoms. The third kappa shape index (κ3) is 7.09. The van der Waals surface area contributed by atoms with Crippen LogP contribution in [-0.2, 0) is 22.6 Å². The van der Waals surface area contributed by atoms with E-state index in [9.17, 15) is 9.59 Å². The second-order valence-corrected chi connectivity index (χ2v) is 10.6. The van der Waals surface area contributed by atoms with Gasteiger partial charge in [0.2, 0.25) is 11.8 Å². The highest BCUT2D eigenvalue weighted by Crippen LogP contribution is 2.30. The summed E-state index contributed by atoms with van der Waals surface area (Å²) in [6.07, 6.45) is 4.15. The van der Waals surface area contributed by atoms with E-state index < -0.39 is 6.04 Å². The molecule has 2 aliphatic rings. The lowest BCUT2D eigenvalue weighted by atomic mass is 9.99. The quantitative estimate of drug-likeness (QED) is 0.536. The average Bonchev–Trinajstić information content (AvgIpc) is 3.20. The zero-order valence-corrected chi connectivity index (χ0v) is 22.3. The number of carbonyl (C=O) groups is 2. The van der Waals surface area contributed by atoms with E-state index in [-0.39, 0.29) is 42.3 Å². The lowest BCUT2D eigenvalue weighted by molar-refractivity contribution is -0.143. The standard InChI is InChI=1S/C29H40N4O2.ClH/c1-21(2)17-26(28(34)31-19-23-11-7-4-8-12-23)32-16-15-25(14-13-22-9-5-3-6-10-22)33-20-24(30)18-27(33)29(32)35;/h3-12,21,24-27H,13-20,30H2,1-2H3,(H,31,34);1H/t24-,25?,26-,27+;/m1./s1. The topological polar surface area (TPSA) is 78.7 Å². The van der Waals surface area contributed by atoms with Gasteiger partial charge >= 0.3 is 0 Å². The molecule has 4 atom stereocenters. The number of carbonyl (C=O) groups excluding carboxylic acids is 2. The Hall–Kier alpha value is -2.41. The first-order valence-corrected chi connectivity index (χ1v) is 13.1. The molecule has 2 saturated heterocycles. The first-order valence-electron chi connectivity index (χ1n) is 13.1. The number of hydrogen-bond donors (Lipinski definition) is 2. The Morgan fingerprint density at radius 2 is 1.69 bits per heavy atom. The van der Waals surface area contributed by atoms with Crippen LogP contribution in [0.25, 0.3) is 0 Å². The van der Waals surface area contributed by atoms with Crippen LogP contribution in [0.2, 0.25) is 0 Å². The van der Waals surface area contributed by atoms with Gasteiger partial charge in [-0.15, -0.1) is 12.4 Å². The Bertz CT molecular complexity index is 972. The number of fused-ring (bicyclic) bond motifs is 1. The van der Waals surface area contributed by atoms with Crippen LogP contribution in [0.4, 0.5) is 0 Å². The van der Waals surface area contributed by atoms with E-state index in [0.29, 0.717) is 31.8 Å². The minimum absolute atomic E-state index is 0. The summed E-state index contributed by atoms with van der Waals surface area (Å²) in [5.41, 5.74) is 8.73. The van der Waals surface area contributed by atoms with E-state index in [1.165, 1.54) is 5.56 Å². The molecule has 6 nitrogen and oxygen atoms in total. The molecule has 0 saturated carbocycles. The molecule has 3 N–H and O–H groups in total. The Morgan fingerprint density at radius 3 is 2.33 bits per heavy atom. The highest BCUT2D eigenvalue weighted by atomic mass is 35.5. The molecule has 7 heteroatoms. The van der Waals surface area contributed by atoms with Crippen molar-refractivity contribution >= 4 is 24.2 Å². The van der Waals surface area contributed by atoms with Gasteiger partial charge in [0.05, 0.1) is 6.04 Å². The summed E-state index contributed by atoms with van der Waals surface area (Å²) in [6, 6.07) is 20.0. The van der Waals surface area contributed by atoms with Crippen molar-refractivity contribution in [3.63, 3.8) is 0 Å².